The van der Waals surface area contributed by atoms with Crippen molar-refractivity contribution in [1.29, 1.82) is 0 Å². The number of urea groups is 1. The Bertz CT molecular complexity index is 588. The van der Waals surface area contributed by atoms with E-state index in [1.807, 2.05) is 4.90 Å². The predicted octanol–water partition coefficient (Wildman–Crippen LogP) is -0.841. The highest BCUT2D eigenvalue weighted by molar-refractivity contribution is 5.96. The van der Waals surface area contributed by atoms with Gasteiger partial charge in [-0.05, 0) is 0 Å². The number of anilines is 1. The molecule has 0 atom stereocenters. The summed E-state index contributed by atoms with van der Waals surface area (Å²) < 4.78 is 5.11. The number of rotatable bonds is 4. The van der Waals surface area contributed by atoms with Gasteiger partial charge in [0, 0.05) is 51.5 Å². The molecule has 1 aromatic heterocycles. The Morgan fingerprint density at radius 3 is 2.74 bits per heavy atom. The fourth-order valence-electron chi connectivity index (χ4n) is 2.69. The Labute approximate surface area is 134 Å². The minimum atomic E-state index is -0.293. The molecule has 0 bridgehead atoms. The maximum absolute atomic E-state index is 12.1. The largest absolute Gasteiger partial charge is 0.481 e. The fraction of sp³-hybridized carbons (Fsp3) is 0.571. The second-order valence-electron chi connectivity index (χ2n) is 5.44. The molecule has 2 saturated heterocycles. The second kappa shape index (κ2) is 6.78. The summed E-state index contributed by atoms with van der Waals surface area (Å²) in [5, 5.41) is 2.64. The number of aromatic nitrogens is 2. The molecule has 3 amide bonds. The van der Waals surface area contributed by atoms with Gasteiger partial charge in [-0.15, -0.1) is 0 Å². The molecule has 124 valence electrons. The number of piperazine rings is 1. The first-order valence-electron chi connectivity index (χ1n) is 7.60. The van der Waals surface area contributed by atoms with Gasteiger partial charge < -0.3 is 15.0 Å². The standard InChI is InChI=1S/C14H20N6O3/c1-23-11-2-3-15-13(17-11)19-8-6-18(7-9-19)10-12(21)20-5-4-16-14(20)22/h2-3H,4-10H2,1H3,(H,16,22). The molecule has 9 heteroatoms. The van der Waals surface area contributed by atoms with Crippen LogP contribution in [-0.4, -0.2) is 84.6 Å². The van der Waals surface area contributed by atoms with Crippen LogP contribution >= 0.6 is 0 Å². The van der Waals surface area contributed by atoms with Crippen molar-refractivity contribution in [2.75, 3.05) is 57.8 Å². The molecule has 0 unspecified atom stereocenters. The first kappa shape index (κ1) is 15.5. The van der Waals surface area contributed by atoms with E-state index >= 15 is 0 Å². The van der Waals surface area contributed by atoms with Crippen LogP contribution in [0, 0.1) is 0 Å². The summed E-state index contributed by atoms with van der Waals surface area (Å²) in [6, 6.07) is 1.41. The van der Waals surface area contributed by atoms with Gasteiger partial charge in [0.15, 0.2) is 0 Å². The van der Waals surface area contributed by atoms with Crippen LogP contribution in [0.3, 0.4) is 0 Å². The monoisotopic (exact) mass is 320 g/mol. The first-order valence-corrected chi connectivity index (χ1v) is 7.60. The van der Waals surface area contributed by atoms with E-state index in [0.717, 1.165) is 26.2 Å². The van der Waals surface area contributed by atoms with Crippen LogP contribution in [0.4, 0.5) is 10.7 Å². The molecule has 0 saturated carbocycles. The zero-order valence-electron chi connectivity index (χ0n) is 13.1. The summed E-state index contributed by atoms with van der Waals surface area (Å²) in [5.41, 5.74) is 0. The summed E-state index contributed by atoms with van der Waals surface area (Å²) in [6.45, 7) is 4.16. The van der Waals surface area contributed by atoms with Crippen LogP contribution in [0.25, 0.3) is 0 Å². The van der Waals surface area contributed by atoms with Gasteiger partial charge in [-0.3, -0.25) is 14.6 Å². The minimum absolute atomic E-state index is 0.147. The molecule has 23 heavy (non-hydrogen) atoms. The van der Waals surface area contributed by atoms with Gasteiger partial charge >= 0.3 is 6.03 Å². The van der Waals surface area contributed by atoms with Crippen LogP contribution in [0.2, 0.25) is 0 Å². The molecule has 0 radical (unpaired) electrons. The number of carbonyl (C=O) groups is 2. The predicted molar refractivity (Wildman–Crippen MR) is 82.3 cm³/mol. The number of methoxy groups -OCH3 is 1. The maximum Gasteiger partial charge on any atom is 0.324 e. The van der Waals surface area contributed by atoms with Crippen molar-refractivity contribution in [2.45, 2.75) is 0 Å². The molecule has 1 N–H and O–H groups in total. The summed E-state index contributed by atoms with van der Waals surface area (Å²) in [6.07, 6.45) is 1.67. The average molecular weight is 320 g/mol. The first-order chi connectivity index (χ1) is 11.2. The average Bonchev–Trinajstić information content (AvgIpc) is 3.02. The SMILES string of the molecule is COc1ccnc(N2CCN(CC(=O)N3CCNC3=O)CC2)n1. The van der Waals surface area contributed by atoms with E-state index in [2.05, 4.69) is 20.2 Å². The molecule has 0 spiro atoms. The summed E-state index contributed by atoms with van der Waals surface area (Å²) in [5.74, 6) is 1.02. The molecule has 0 aromatic carbocycles. The number of hydrogen-bond acceptors (Lipinski definition) is 7. The Kier molecular flexibility index (Phi) is 4.56. The number of amides is 3. The van der Waals surface area contributed by atoms with Crippen molar-refractivity contribution < 1.29 is 14.3 Å². The van der Waals surface area contributed by atoms with Crippen molar-refractivity contribution in [3.05, 3.63) is 12.3 Å². The number of nitrogens with one attached hydrogen (secondary N) is 1. The number of carbonyl (C=O) groups excluding carboxylic acids is 2. The summed E-state index contributed by atoms with van der Waals surface area (Å²) in [4.78, 5) is 37.6. The molecule has 9 nitrogen and oxygen atoms in total. The van der Waals surface area contributed by atoms with Gasteiger partial charge in [0.25, 0.3) is 0 Å². The molecular formula is C14H20N6O3. The zero-order chi connectivity index (χ0) is 16.2. The van der Waals surface area contributed by atoms with Gasteiger partial charge in [-0.1, -0.05) is 0 Å². The lowest BCUT2D eigenvalue weighted by atomic mass is 10.3. The lowest BCUT2D eigenvalue weighted by Crippen LogP contribution is -2.50. The van der Waals surface area contributed by atoms with E-state index < -0.39 is 0 Å². The topological polar surface area (TPSA) is 90.9 Å². The Morgan fingerprint density at radius 2 is 2.09 bits per heavy atom. The maximum atomic E-state index is 12.1. The highest BCUT2D eigenvalue weighted by Gasteiger charge is 2.28. The number of hydrogen-bond donors (Lipinski definition) is 1. The lowest BCUT2D eigenvalue weighted by Gasteiger charge is -2.34. The quantitative estimate of drug-likeness (QED) is 0.773. The third-order valence-corrected chi connectivity index (χ3v) is 4.00. The van der Waals surface area contributed by atoms with Crippen molar-refractivity contribution in [1.82, 2.24) is 25.1 Å². The van der Waals surface area contributed by atoms with Crippen molar-refractivity contribution in [2.24, 2.45) is 0 Å². The minimum Gasteiger partial charge on any atom is -0.481 e. The highest BCUT2D eigenvalue weighted by Crippen LogP contribution is 2.14. The Hall–Kier alpha value is -2.42. The highest BCUT2D eigenvalue weighted by atomic mass is 16.5. The zero-order valence-corrected chi connectivity index (χ0v) is 13.1. The second-order valence-corrected chi connectivity index (χ2v) is 5.44. The van der Waals surface area contributed by atoms with Gasteiger partial charge in [0.1, 0.15) is 0 Å². The molecule has 2 aliphatic rings. The van der Waals surface area contributed by atoms with Crippen molar-refractivity contribution in [3.63, 3.8) is 0 Å². The van der Waals surface area contributed by atoms with Gasteiger partial charge in [0.05, 0.1) is 13.7 Å². The van der Waals surface area contributed by atoms with E-state index in [0.29, 0.717) is 24.9 Å². The van der Waals surface area contributed by atoms with Crippen LogP contribution in [0.15, 0.2) is 12.3 Å². The molecular weight excluding hydrogens is 300 g/mol. The van der Waals surface area contributed by atoms with Crippen molar-refractivity contribution in [3.8, 4) is 5.88 Å². The van der Waals surface area contributed by atoms with Gasteiger partial charge in [-0.2, -0.15) is 4.98 Å². The van der Waals surface area contributed by atoms with Gasteiger partial charge in [0.2, 0.25) is 17.7 Å². The van der Waals surface area contributed by atoms with E-state index in [4.69, 9.17) is 4.74 Å². The molecule has 3 heterocycles. The molecule has 2 fully saturated rings. The van der Waals surface area contributed by atoms with Crippen LogP contribution in [-0.2, 0) is 4.79 Å². The van der Waals surface area contributed by atoms with Crippen LogP contribution < -0.4 is 15.0 Å². The lowest BCUT2D eigenvalue weighted by molar-refractivity contribution is -0.128. The third kappa shape index (κ3) is 3.50. The molecule has 2 aliphatic heterocycles. The van der Waals surface area contributed by atoms with E-state index in [-0.39, 0.29) is 18.5 Å². The number of nitrogens with zero attached hydrogens (tertiary/aromatic N) is 5. The third-order valence-electron chi connectivity index (χ3n) is 4.00. The van der Waals surface area contributed by atoms with Crippen LogP contribution in [0.5, 0.6) is 5.88 Å². The Morgan fingerprint density at radius 1 is 1.30 bits per heavy atom. The smallest absolute Gasteiger partial charge is 0.324 e. The summed E-state index contributed by atoms with van der Waals surface area (Å²) in [7, 11) is 1.57. The molecule has 0 aliphatic carbocycles. The fourth-order valence-corrected chi connectivity index (χ4v) is 2.69. The van der Waals surface area contributed by atoms with Crippen LogP contribution in [0.1, 0.15) is 0 Å². The van der Waals surface area contributed by atoms with E-state index in [1.54, 1.807) is 19.4 Å². The number of imide groups is 1. The Balaban J connectivity index is 1.52. The normalized spacial score (nSPS) is 18.9. The molecule has 3 rings (SSSR count). The van der Waals surface area contributed by atoms with Crippen molar-refractivity contribution >= 4 is 17.9 Å². The summed E-state index contributed by atoms with van der Waals surface area (Å²) >= 11 is 0. The van der Waals surface area contributed by atoms with Gasteiger partial charge in [-0.25, -0.2) is 9.78 Å². The van der Waals surface area contributed by atoms with E-state index in [9.17, 15) is 9.59 Å². The number of ether oxygens (including phenoxy) is 1. The molecule has 1 aromatic rings. The van der Waals surface area contributed by atoms with E-state index in [1.165, 1.54) is 4.90 Å².